The molecule has 2 aromatic rings. The normalized spacial score (nSPS) is 12.8. The molecule has 10 heteroatoms. The molecule has 0 heterocycles. The summed E-state index contributed by atoms with van der Waals surface area (Å²) in [6, 6.07) is 11.5. The molecule has 0 fully saturated rings. The number of rotatable bonds is 13. The number of nitrogens with one attached hydrogen (secondary N) is 1. The van der Waals surface area contributed by atoms with E-state index in [9.17, 15) is 18.0 Å². The number of amides is 2. The summed E-state index contributed by atoms with van der Waals surface area (Å²) in [4.78, 5) is 28.4. The second-order valence-electron chi connectivity index (χ2n) is 9.06. The van der Waals surface area contributed by atoms with E-state index in [4.69, 9.17) is 9.47 Å². The van der Waals surface area contributed by atoms with Crippen LogP contribution in [0.3, 0.4) is 0 Å². The lowest BCUT2D eigenvalue weighted by Gasteiger charge is -2.33. The Bertz CT molecular complexity index is 1170. The summed E-state index contributed by atoms with van der Waals surface area (Å²) in [5.74, 6) is -0.0568. The van der Waals surface area contributed by atoms with Gasteiger partial charge in [0.05, 0.1) is 26.2 Å². The molecule has 0 spiro atoms. The number of benzene rings is 2. The van der Waals surface area contributed by atoms with Crippen LogP contribution in [0.1, 0.15) is 44.7 Å². The summed E-state index contributed by atoms with van der Waals surface area (Å²) in [5, 5.41) is 2.96. The van der Waals surface area contributed by atoms with Crippen LogP contribution in [-0.4, -0.2) is 64.2 Å². The van der Waals surface area contributed by atoms with E-state index in [-0.39, 0.29) is 29.9 Å². The molecule has 2 rings (SSSR count). The average Bonchev–Trinajstić information content (AvgIpc) is 2.86. The van der Waals surface area contributed by atoms with E-state index in [1.807, 2.05) is 52.0 Å². The quantitative estimate of drug-likeness (QED) is 0.423. The fourth-order valence-electron chi connectivity index (χ4n) is 3.84. The standard InChI is InChI=1S/C27H39N3O6S/c1-8-20(4)28-27(32)23(9-2)29(17-21-12-10-19(3)11-13-21)26(31)18-30(37(7,33)34)24-15-14-22(35-5)16-25(24)36-6/h10-16,20,23H,8-9,17-18H2,1-7H3,(H,28,32)/t20-,23+/m1/s1. The van der Waals surface area contributed by atoms with Crippen molar-refractivity contribution in [2.24, 2.45) is 0 Å². The van der Waals surface area contributed by atoms with Crippen LogP contribution in [0.15, 0.2) is 42.5 Å². The molecule has 2 aromatic carbocycles. The minimum absolute atomic E-state index is 0.0612. The molecule has 9 nitrogen and oxygen atoms in total. The Labute approximate surface area is 220 Å². The van der Waals surface area contributed by atoms with Crippen molar-refractivity contribution >= 4 is 27.5 Å². The van der Waals surface area contributed by atoms with Gasteiger partial charge < -0.3 is 19.7 Å². The van der Waals surface area contributed by atoms with Crippen LogP contribution >= 0.6 is 0 Å². The molecular weight excluding hydrogens is 494 g/mol. The van der Waals surface area contributed by atoms with E-state index in [0.29, 0.717) is 12.2 Å². The van der Waals surface area contributed by atoms with E-state index in [1.165, 1.54) is 25.2 Å². The van der Waals surface area contributed by atoms with Crippen LogP contribution in [0.2, 0.25) is 0 Å². The van der Waals surface area contributed by atoms with Crippen molar-refractivity contribution in [3.8, 4) is 11.5 Å². The zero-order valence-corrected chi connectivity index (χ0v) is 23.6. The predicted octanol–water partition coefficient (Wildman–Crippen LogP) is 3.50. The molecule has 204 valence electrons. The SMILES string of the molecule is CC[C@@H](C)NC(=O)[C@H](CC)N(Cc1ccc(C)cc1)C(=O)CN(c1ccc(OC)cc1OC)S(C)(=O)=O. The molecule has 0 aromatic heterocycles. The number of hydrogen-bond donors (Lipinski definition) is 1. The minimum Gasteiger partial charge on any atom is -0.497 e. The molecule has 1 N–H and O–H groups in total. The summed E-state index contributed by atoms with van der Waals surface area (Å²) >= 11 is 0. The highest BCUT2D eigenvalue weighted by Gasteiger charge is 2.33. The Kier molecular flexibility index (Phi) is 10.8. The van der Waals surface area contributed by atoms with Crippen LogP contribution in [-0.2, 0) is 26.2 Å². The third-order valence-corrected chi connectivity index (χ3v) is 7.32. The summed E-state index contributed by atoms with van der Waals surface area (Å²) < 4.78 is 37.3. The Morgan fingerprint density at radius 3 is 2.16 bits per heavy atom. The van der Waals surface area contributed by atoms with Crippen LogP contribution in [0.25, 0.3) is 0 Å². The number of sulfonamides is 1. The molecule has 0 aliphatic heterocycles. The third-order valence-electron chi connectivity index (χ3n) is 6.20. The lowest BCUT2D eigenvalue weighted by Crippen LogP contribution is -2.53. The molecule has 0 unspecified atom stereocenters. The van der Waals surface area contributed by atoms with Gasteiger partial charge in [-0.3, -0.25) is 13.9 Å². The van der Waals surface area contributed by atoms with Gasteiger partial charge in [0.25, 0.3) is 0 Å². The van der Waals surface area contributed by atoms with E-state index in [0.717, 1.165) is 28.1 Å². The number of aryl methyl sites for hydroxylation is 1. The molecule has 0 saturated heterocycles. The van der Waals surface area contributed by atoms with Gasteiger partial charge >= 0.3 is 0 Å². The van der Waals surface area contributed by atoms with Crippen LogP contribution in [0.4, 0.5) is 5.69 Å². The molecule has 0 saturated carbocycles. The average molecular weight is 534 g/mol. The number of hydrogen-bond acceptors (Lipinski definition) is 6. The first-order valence-corrected chi connectivity index (χ1v) is 14.1. The van der Waals surface area contributed by atoms with Crippen LogP contribution in [0.5, 0.6) is 11.5 Å². The lowest BCUT2D eigenvalue weighted by atomic mass is 10.1. The zero-order chi connectivity index (χ0) is 27.8. The summed E-state index contributed by atoms with van der Waals surface area (Å²) in [7, 11) is -0.984. The first-order valence-electron chi connectivity index (χ1n) is 12.3. The highest BCUT2D eigenvalue weighted by Crippen LogP contribution is 2.33. The molecule has 0 aliphatic carbocycles. The van der Waals surface area contributed by atoms with Crippen molar-refractivity contribution in [3.05, 3.63) is 53.6 Å². The maximum absolute atomic E-state index is 13.8. The monoisotopic (exact) mass is 533 g/mol. The van der Waals surface area contributed by atoms with Crippen LogP contribution in [0, 0.1) is 6.92 Å². The largest absolute Gasteiger partial charge is 0.497 e. The van der Waals surface area contributed by atoms with Crippen molar-refractivity contribution in [1.29, 1.82) is 0 Å². The van der Waals surface area contributed by atoms with Crippen LogP contribution < -0.4 is 19.1 Å². The highest BCUT2D eigenvalue weighted by atomic mass is 32.2. The van der Waals surface area contributed by atoms with Crippen molar-refractivity contribution in [3.63, 3.8) is 0 Å². The Morgan fingerprint density at radius 2 is 1.65 bits per heavy atom. The van der Waals surface area contributed by atoms with Gasteiger partial charge in [0.15, 0.2) is 0 Å². The van der Waals surface area contributed by atoms with E-state index in [2.05, 4.69) is 5.32 Å². The van der Waals surface area contributed by atoms with Gasteiger partial charge in [-0.25, -0.2) is 8.42 Å². The molecular formula is C27H39N3O6S. The molecule has 0 bridgehead atoms. The van der Waals surface area contributed by atoms with Gasteiger partial charge in [0.2, 0.25) is 21.8 Å². The van der Waals surface area contributed by atoms with Gasteiger partial charge in [0.1, 0.15) is 24.1 Å². The van der Waals surface area contributed by atoms with Crippen molar-refractivity contribution in [2.75, 3.05) is 31.3 Å². The Morgan fingerprint density at radius 1 is 1.00 bits per heavy atom. The topological polar surface area (TPSA) is 105 Å². The summed E-state index contributed by atoms with van der Waals surface area (Å²) in [6.45, 7) is 7.32. The summed E-state index contributed by atoms with van der Waals surface area (Å²) in [5.41, 5.74) is 2.10. The predicted molar refractivity (Wildman–Crippen MR) is 145 cm³/mol. The molecule has 2 atom stereocenters. The molecule has 2 amide bonds. The van der Waals surface area contributed by atoms with Crippen molar-refractivity contribution < 1.29 is 27.5 Å². The van der Waals surface area contributed by atoms with Crippen molar-refractivity contribution in [2.45, 2.75) is 59.2 Å². The fourth-order valence-corrected chi connectivity index (χ4v) is 4.69. The fraction of sp³-hybridized carbons (Fsp3) is 0.481. The van der Waals surface area contributed by atoms with Gasteiger partial charge in [-0.15, -0.1) is 0 Å². The number of methoxy groups -OCH3 is 2. The summed E-state index contributed by atoms with van der Waals surface area (Å²) in [6.07, 6.45) is 2.14. The Balaban J connectivity index is 2.50. The van der Waals surface area contributed by atoms with Gasteiger partial charge in [-0.2, -0.15) is 0 Å². The third kappa shape index (κ3) is 8.11. The first-order chi connectivity index (χ1) is 17.4. The number of carbonyl (C=O) groups is 2. The lowest BCUT2D eigenvalue weighted by molar-refractivity contribution is -0.140. The maximum atomic E-state index is 13.8. The molecule has 0 radical (unpaired) electrons. The minimum atomic E-state index is -3.89. The van der Waals surface area contributed by atoms with Gasteiger partial charge in [0, 0.05) is 18.7 Å². The number of anilines is 1. The van der Waals surface area contributed by atoms with Gasteiger partial charge in [-0.1, -0.05) is 43.7 Å². The smallest absolute Gasteiger partial charge is 0.244 e. The van der Waals surface area contributed by atoms with E-state index in [1.54, 1.807) is 12.1 Å². The molecule has 0 aliphatic rings. The highest BCUT2D eigenvalue weighted by molar-refractivity contribution is 7.92. The van der Waals surface area contributed by atoms with E-state index < -0.39 is 28.5 Å². The number of ether oxygens (including phenoxy) is 2. The van der Waals surface area contributed by atoms with E-state index >= 15 is 0 Å². The number of carbonyl (C=O) groups excluding carboxylic acids is 2. The second kappa shape index (κ2) is 13.3. The molecule has 37 heavy (non-hydrogen) atoms. The van der Waals surface area contributed by atoms with Gasteiger partial charge in [-0.05, 0) is 44.4 Å². The number of nitrogens with zero attached hydrogens (tertiary/aromatic N) is 2. The maximum Gasteiger partial charge on any atom is 0.244 e. The zero-order valence-electron chi connectivity index (χ0n) is 22.8. The second-order valence-corrected chi connectivity index (χ2v) is 11.0. The first kappa shape index (κ1) is 30.0. The van der Waals surface area contributed by atoms with Crippen molar-refractivity contribution in [1.82, 2.24) is 10.2 Å². The Hall–Kier alpha value is -3.27.